The molecule has 0 aliphatic carbocycles. The van der Waals surface area contributed by atoms with E-state index in [1.807, 2.05) is 0 Å². The molecule has 29 heavy (non-hydrogen) atoms. The average Bonchev–Trinajstić information content (AvgIpc) is 3.13. The highest BCUT2D eigenvalue weighted by Gasteiger charge is 2.31. The average molecular weight is 399 g/mol. The van der Waals surface area contributed by atoms with E-state index in [9.17, 15) is 10.5 Å². The van der Waals surface area contributed by atoms with Gasteiger partial charge in [0.05, 0.1) is 18.2 Å². The second-order valence-corrected chi connectivity index (χ2v) is 9.46. The summed E-state index contributed by atoms with van der Waals surface area (Å²) in [4.78, 5) is 12.4. The van der Waals surface area contributed by atoms with Gasteiger partial charge in [0, 0.05) is 44.8 Å². The zero-order chi connectivity index (χ0) is 20.8. The quantitative estimate of drug-likeness (QED) is 0.526. The molecule has 0 spiro atoms. The molecule has 3 aliphatic rings. The van der Waals surface area contributed by atoms with Gasteiger partial charge in [0.15, 0.2) is 5.92 Å². The minimum atomic E-state index is -0.742. The molecule has 3 aliphatic heterocycles. The van der Waals surface area contributed by atoms with Gasteiger partial charge in [-0.15, -0.1) is 0 Å². The van der Waals surface area contributed by atoms with Gasteiger partial charge in [0.2, 0.25) is 0 Å². The Hall–Kier alpha value is -1.63. The number of piperidine rings is 2. The smallest absolute Gasteiger partial charge is 0.189 e. The van der Waals surface area contributed by atoms with Crippen molar-refractivity contribution < 1.29 is 0 Å². The molecular weight excluding hydrogens is 360 g/mol. The molecule has 3 rings (SSSR count). The van der Waals surface area contributed by atoms with Crippen LogP contribution in [0.4, 0.5) is 0 Å². The summed E-state index contributed by atoms with van der Waals surface area (Å²) in [7, 11) is 0. The maximum absolute atomic E-state index is 9.55. The molecule has 6 heteroatoms. The highest BCUT2D eigenvalue weighted by atomic mass is 15.2. The lowest BCUT2D eigenvalue weighted by atomic mass is 9.94. The van der Waals surface area contributed by atoms with Crippen molar-refractivity contribution >= 4 is 5.84 Å². The lowest BCUT2D eigenvalue weighted by molar-refractivity contribution is 0.167. The number of amidine groups is 1. The van der Waals surface area contributed by atoms with Gasteiger partial charge in [0.1, 0.15) is 5.84 Å². The van der Waals surface area contributed by atoms with Crippen molar-refractivity contribution in [1.29, 1.82) is 10.5 Å². The molecule has 0 radical (unpaired) electrons. The Morgan fingerprint density at radius 1 is 0.966 bits per heavy atom. The summed E-state index contributed by atoms with van der Waals surface area (Å²) in [5.74, 6) is 0.726. The van der Waals surface area contributed by atoms with E-state index in [0.717, 1.165) is 69.7 Å². The Morgan fingerprint density at radius 3 is 2.14 bits per heavy atom. The predicted octanol–water partition coefficient (Wildman–Crippen LogP) is 3.12. The number of nitrogens with zero attached hydrogens (tertiary/aromatic N) is 6. The van der Waals surface area contributed by atoms with Gasteiger partial charge in [-0.05, 0) is 71.8 Å². The first-order valence-corrected chi connectivity index (χ1v) is 11.6. The SMILES string of the molecule is CC(C)N1CCC(N=C(C(C#N)C#N)N2CCC(CN3CCCC3C)CC2)CC1. The van der Waals surface area contributed by atoms with Crippen molar-refractivity contribution in [1.82, 2.24) is 14.7 Å². The maximum Gasteiger partial charge on any atom is 0.189 e. The number of hydrogen-bond donors (Lipinski definition) is 0. The molecule has 6 nitrogen and oxygen atoms in total. The molecular formula is C23H38N6. The normalized spacial score (nSPS) is 26.2. The molecule has 1 unspecified atom stereocenters. The fourth-order valence-corrected chi connectivity index (χ4v) is 5.14. The van der Waals surface area contributed by atoms with Crippen LogP contribution >= 0.6 is 0 Å². The topological polar surface area (TPSA) is 69.7 Å². The van der Waals surface area contributed by atoms with E-state index >= 15 is 0 Å². The van der Waals surface area contributed by atoms with Crippen molar-refractivity contribution in [2.24, 2.45) is 16.8 Å². The monoisotopic (exact) mass is 398 g/mol. The number of nitriles is 2. The first-order valence-electron chi connectivity index (χ1n) is 11.6. The highest BCUT2D eigenvalue weighted by Crippen LogP contribution is 2.25. The van der Waals surface area contributed by atoms with Crippen LogP contribution in [0.1, 0.15) is 59.3 Å². The number of likely N-dealkylation sites (tertiary alicyclic amines) is 3. The van der Waals surface area contributed by atoms with Gasteiger partial charge in [-0.25, -0.2) is 0 Å². The first-order chi connectivity index (χ1) is 14.0. The van der Waals surface area contributed by atoms with E-state index < -0.39 is 5.92 Å². The summed E-state index contributed by atoms with van der Waals surface area (Å²) in [5.41, 5.74) is 0. The Kier molecular flexibility index (Phi) is 7.92. The molecule has 0 aromatic rings. The molecule has 0 saturated carbocycles. The molecule has 0 bridgehead atoms. The van der Waals surface area contributed by atoms with E-state index in [1.165, 1.54) is 25.9 Å². The number of rotatable bonds is 5. The van der Waals surface area contributed by atoms with Crippen LogP contribution in [0.5, 0.6) is 0 Å². The van der Waals surface area contributed by atoms with Crippen molar-refractivity contribution in [3.63, 3.8) is 0 Å². The molecule has 3 heterocycles. The van der Waals surface area contributed by atoms with E-state index in [-0.39, 0.29) is 6.04 Å². The second kappa shape index (κ2) is 10.4. The van der Waals surface area contributed by atoms with Gasteiger partial charge in [0.25, 0.3) is 0 Å². The molecule has 1 atom stereocenters. The Morgan fingerprint density at radius 2 is 1.62 bits per heavy atom. The summed E-state index contributed by atoms with van der Waals surface area (Å²) in [5, 5.41) is 19.1. The van der Waals surface area contributed by atoms with Crippen LogP contribution in [0.3, 0.4) is 0 Å². The molecule has 0 amide bonds. The van der Waals surface area contributed by atoms with Gasteiger partial charge in [-0.2, -0.15) is 10.5 Å². The number of hydrogen-bond acceptors (Lipinski definition) is 5. The molecule has 0 N–H and O–H groups in total. The van der Waals surface area contributed by atoms with Crippen LogP contribution in [0.15, 0.2) is 4.99 Å². The molecule has 160 valence electrons. The third-order valence-electron chi connectivity index (χ3n) is 7.18. The van der Waals surface area contributed by atoms with Crippen LogP contribution in [0.25, 0.3) is 0 Å². The van der Waals surface area contributed by atoms with Gasteiger partial charge < -0.3 is 14.7 Å². The van der Waals surface area contributed by atoms with E-state index in [4.69, 9.17) is 4.99 Å². The standard InChI is InChI=1S/C23H38N6/c1-18(2)27-13-8-22(9-14-27)26-23(21(15-24)16-25)28-11-6-20(7-12-28)17-29-10-4-5-19(29)3/h18-22H,4-14,17H2,1-3H3. The molecule has 0 aromatic heterocycles. The maximum atomic E-state index is 9.55. The minimum absolute atomic E-state index is 0.243. The Balaban J connectivity index is 1.60. The van der Waals surface area contributed by atoms with Gasteiger partial charge in [-0.3, -0.25) is 4.99 Å². The summed E-state index contributed by atoms with van der Waals surface area (Å²) in [6.07, 6.45) is 6.98. The third kappa shape index (κ3) is 5.71. The zero-order valence-corrected chi connectivity index (χ0v) is 18.6. The lowest BCUT2D eigenvalue weighted by Crippen LogP contribution is -2.45. The molecule has 0 aromatic carbocycles. The van der Waals surface area contributed by atoms with Crippen LogP contribution in [-0.2, 0) is 0 Å². The summed E-state index contributed by atoms with van der Waals surface area (Å²) in [6, 6.07) is 5.92. The lowest BCUT2D eigenvalue weighted by Gasteiger charge is -2.38. The highest BCUT2D eigenvalue weighted by molar-refractivity contribution is 5.89. The fraction of sp³-hybridized carbons (Fsp3) is 0.870. The third-order valence-corrected chi connectivity index (χ3v) is 7.18. The summed E-state index contributed by atoms with van der Waals surface area (Å²) >= 11 is 0. The summed E-state index contributed by atoms with van der Waals surface area (Å²) < 4.78 is 0. The minimum Gasteiger partial charge on any atom is -0.358 e. The summed E-state index contributed by atoms with van der Waals surface area (Å²) in [6.45, 7) is 13.2. The second-order valence-electron chi connectivity index (χ2n) is 9.46. The molecule has 3 saturated heterocycles. The van der Waals surface area contributed by atoms with Crippen LogP contribution in [0, 0.1) is 34.5 Å². The van der Waals surface area contributed by atoms with E-state index in [0.29, 0.717) is 6.04 Å². The first kappa shape index (κ1) is 22.1. The van der Waals surface area contributed by atoms with Gasteiger partial charge >= 0.3 is 0 Å². The van der Waals surface area contributed by atoms with E-state index in [2.05, 4.69) is 47.6 Å². The van der Waals surface area contributed by atoms with Crippen LogP contribution in [0.2, 0.25) is 0 Å². The van der Waals surface area contributed by atoms with Crippen molar-refractivity contribution in [3.05, 3.63) is 0 Å². The van der Waals surface area contributed by atoms with E-state index in [1.54, 1.807) is 0 Å². The fourth-order valence-electron chi connectivity index (χ4n) is 5.14. The number of aliphatic imine (C=N–C) groups is 1. The van der Waals surface area contributed by atoms with Crippen LogP contribution < -0.4 is 0 Å². The van der Waals surface area contributed by atoms with Crippen molar-refractivity contribution in [3.8, 4) is 12.1 Å². The largest absolute Gasteiger partial charge is 0.358 e. The zero-order valence-electron chi connectivity index (χ0n) is 18.6. The Labute approximate surface area is 177 Å². The van der Waals surface area contributed by atoms with Crippen molar-refractivity contribution in [2.45, 2.75) is 77.4 Å². The van der Waals surface area contributed by atoms with Gasteiger partial charge in [-0.1, -0.05) is 0 Å². The van der Waals surface area contributed by atoms with Crippen LogP contribution in [-0.4, -0.2) is 77.9 Å². The predicted molar refractivity (Wildman–Crippen MR) is 116 cm³/mol. The Bertz CT molecular complexity index is 615. The van der Waals surface area contributed by atoms with Crippen molar-refractivity contribution in [2.75, 3.05) is 39.3 Å². The molecule has 3 fully saturated rings.